The molecule has 1 aliphatic heterocycles. The van der Waals surface area contributed by atoms with E-state index in [4.69, 9.17) is 9.47 Å². The number of carbonyl (C=O) groups excluding carboxylic acids is 3. The van der Waals surface area contributed by atoms with Crippen LogP contribution in [0.15, 0.2) is 78.4 Å². The van der Waals surface area contributed by atoms with Crippen LogP contribution in [0.25, 0.3) is 0 Å². The van der Waals surface area contributed by atoms with Gasteiger partial charge in [0.1, 0.15) is 5.75 Å². The SMILES string of the molecule is C=C1C(=O)C=C2CN(C(=O)c3ccccc3)[C@@](Cc3ccc(OC)cc3)(C(=O)OC)[C@@H]12. The lowest BCUT2D eigenvalue weighted by Gasteiger charge is -2.39. The Bertz CT molecular complexity index is 1090. The topological polar surface area (TPSA) is 72.9 Å². The molecule has 0 bridgehead atoms. The zero-order valence-electron chi connectivity index (χ0n) is 17.5. The summed E-state index contributed by atoms with van der Waals surface area (Å²) in [5.41, 5.74) is 0.870. The van der Waals surface area contributed by atoms with Crippen LogP contribution in [0.5, 0.6) is 5.75 Å². The predicted molar refractivity (Wildman–Crippen MR) is 115 cm³/mol. The van der Waals surface area contributed by atoms with Crippen LogP contribution in [0.4, 0.5) is 0 Å². The van der Waals surface area contributed by atoms with Crippen LogP contribution in [0.2, 0.25) is 0 Å². The van der Waals surface area contributed by atoms with E-state index in [1.807, 2.05) is 18.2 Å². The molecule has 0 radical (unpaired) electrons. The molecule has 4 rings (SSSR count). The van der Waals surface area contributed by atoms with Crippen molar-refractivity contribution >= 4 is 17.7 Å². The largest absolute Gasteiger partial charge is 0.497 e. The molecule has 1 fully saturated rings. The van der Waals surface area contributed by atoms with Crippen LogP contribution in [0.3, 0.4) is 0 Å². The second kappa shape index (κ2) is 7.87. The number of ketones is 1. The molecule has 0 aromatic heterocycles. The smallest absolute Gasteiger partial charge is 0.333 e. The predicted octanol–water partition coefficient (Wildman–Crippen LogP) is 2.99. The number of carbonyl (C=O) groups is 3. The van der Waals surface area contributed by atoms with Gasteiger partial charge in [-0.1, -0.05) is 36.9 Å². The van der Waals surface area contributed by atoms with Gasteiger partial charge in [-0.3, -0.25) is 9.59 Å². The second-order valence-corrected chi connectivity index (χ2v) is 7.74. The maximum Gasteiger partial charge on any atom is 0.333 e. The van der Waals surface area contributed by atoms with Crippen LogP contribution in [-0.4, -0.2) is 48.9 Å². The average Bonchev–Trinajstić information content (AvgIpc) is 3.27. The molecule has 1 heterocycles. The van der Waals surface area contributed by atoms with Gasteiger partial charge in [0, 0.05) is 30.0 Å². The minimum atomic E-state index is -1.41. The Morgan fingerprint density at radius 3 is 2.39 bits per heavy atom. The quantitative estimate of drug-likeness (QED) is 0.552. The number of fused-ring (bicyclic) bond motifs is 1. The Balaban J connectivity index is 1.86. The molecule has 6 nitrogen and oxygen atoms in total. The van der Waals surface area contributed by atoms with E-state index in [1.165, 1.54) is 18.1 Å². The normalized spacial score (nSPS) is 22.2. The number of methoxy groups -OCH3 is 2. The van der Waals surface area contributed by atoms with Crippen molar-refractivity contribution in [3.8, 4) is 5.75 Å². The molecule has 0 N–H and O–H groups in total. The minimum absolute atomic E-state index is 0.161. The fourth-order valence-electron chi connectivity index (χ4n) is 4.64. The van der Waals surface area contributed by atoms with Crippen LogP contribution in [0.1, 0.15) is 15.9 Å². The van der Waals surface area contributed by atoms with Gasteiger partial charge in [0.2, 0.25) is 0 Å². The van der Waals surface area contributed by atoms with Gasteiger partial charge in [-0.05, 0) is 41.5 Å². The summed E-state index contributed by atoms with van der Waals surface area (Å²) in [5, 5.41) is 0. The number of allylic oxidation sites excluding steroid dienone is 1. The zero-order valence-corrected chi connectivity index (χ0v) is 17.5. The van der Waals surface area contributed by atoms with Crippen molar-refractivity contribution in [1.29, 1.82) is 0 Å². The summed E-state index contributed by atoms with van der Waals surface area (Å²) in [6, 6.07) is 16.1. The maximum atomic E-state index is 13.5. The van der Waals surface area contributed by atoms with Crippen molar-refractivity contribution in [2.24, 2.45) is 5.92 Å². The number of likely N-dealkylation sites (tertiary alicyclic amines) is 1. The molecule has 2 aromatic carbocycles. The Labute approximate surface area is 180 Å². The lowest BCUT2D eigenvalue weighted by atomic mass is 9.76. The van der Waals surface area contributed by atoms with Crippen molar-refractivity contribution in [1.82, 2.24) is 4.90 Å². The van der Waals surface area contributed by atoms with E-state index in [2.05, 4.69) is 6.58 Å². The van der Waals surface area contributed by atoms with E-state index in [9.17, 15) is 14.4 Å². The maximum absolute atomic E-state index is 13.5. The lowest BCUT2D eigenvalue weighted by Crippen LogP contribution is -2.59. The fourth-order valence-corrected chi connectivity index (χ4v) is 4.64. The molecular weight excluding hydrogens is 394 g/mol. The molecule has 2 atom stereocenters. The summed E-state index contributed by atoms with van der Waals surface area (Å²) >= 11 is 0. The standard InChI is InChI=1S/C25H23NO5/c1-16-21(27)13-19-15-26(23(28)18-7-5-4-6-8-18)25(22(16)19,24(29)31-3)14-17-9-11-20(30-2)12-10-17/h4-13,22H,1,14-15H2,2-3H3/t22-,25+/m0/s1. The highest BCUT2D eigenvalue weighted by Gasteiger charge is 2.62. The van der Waals surface area contributed by atoms with Gasteiger partial charge in [-0.25, -0.2) is 4.79 Å². The van der Waals surface area contributed by atoms with Crippen LogP contribution >= 0.6 is 0 Å². The van der Waals surface area contributed by atoms with Crippen LogP contribution < -0.4 is 4.74 Å². The molecule has 2 aliphatic rings. The fraction of sp³-hybridized carbons (Fsp3) is 0.240. The number of hydrogen-bond acceptors (Lipinski definition) is 5. The highest BCUT2D eigenvalue weighted by Crippen LogP contribution is 2.49. The Morgan fingerprint density at radius 2 is 1.77 bits per heavy atom. The zero-order chi connectivity index (χ0) is 22.2. The molecule has 158 valence electrons. The Morgan fingerprint density at radius 1 is 1.10 bits per heavy atom. The first-order chi connectivity index (χ1) is 14.9. The number of amides is 1. The molecule has 0 spiro atoms. The van der Waals surface area contributed by atoms with Gasteiger partial charge in [0.25, 0.3) is 5.91 Å². The summed E-state index contributed by atoms with van der Waals surface area (Å²) in [4.78, 5) is 40.9. The van der Waals surface area contributed by atoms with Gasteiger partial charge in [0.05, 0.1) is 14.2 Å². The first-order valence-corrected chi connectivity index (χ1v) is 9.94. The molecule has 2 aromatic rings. The van der Waals surface area contributed by atoms with Gasteiger partial charge in [0.15, 0.2) is 11.3 Å². The molecule has 1 aliphatic carbocycles. The van der Waals surface area contributed by atoms with E-state index in [-0.39, 0.29) is 24.7 Å². The molecular formula is C25H23NO5. The highest BCUT2D eigenvalue weighted by atomic mass is 16.5. The van der Waals surface area contributed by atoms with Crippen molar-refractivity contribution < 1.29 is 23.9 Å². The monoisotopic (exact) mass is 417 g/mol. The molecule has 6 heteroatoms. The highest BCUT2D eigenvalue weighted by molar-refractivity contribution is 6.11. The van der Waals surface area contributed by atoms with E-state index >= 15 is 0 Å². The van der Waals surface area contributed by atoms with Crippen molar-refractivity contribution in [3.05, 3.63) is 89.5 Å². The van der Waals surface area contributed by atoms with Gasteiger partial charge in [-0.15, -0.1) is 0 Å². The van der Waals surface area contributed by atoms with Gasteiger partial charge < -0.3 is 14.4 Å². The van der Waals surface area contributed by atoms with E-state index in [0.717, 1.165) is 5.56 Å². The Kier molecular flexibility index (Phi) is 5.23. The molecule has 1 saturated heterocycles. The number of nitrogens with zero attached hydrogens (tertiary/aromatic N) is 1. The first-order valence-electron chi connectivity index (χ1n) is 9.94. The van der Waals surface area contributed by atoms with Crippen molar-refractivity contribution in [3.63, 3.8) is 0 Å². The first kappa shape index (κ1) is 20.6. The number of esters is 1. The minimum Gasteiger partial charge on any atom is -0.497 e. The third-order valence-corrected chi connectivity index (χ3v) is 6.09. The van der Waals surface area contributed by atoms with Crippen LogP contribution in [0, 0.1) is 5.92 Å². The van der Waals surface area contributed by atoms with Crippen molar-refractivity contribution in [2.45, 2.75) is 12.0 Å². The molecule has 0 unspecified atom stereocenters. The molecule has 0 saturated carbocycles. The number of ether oxygens (including phenoxy) is 2. The lowest BCUT2D eigenvalue weighted by molar-refractivity contribution is -0.153. The summed E-state index contributed by atoms with van der Waals surface area (Å²) in [6.45, 7) is 4.12. The summed E-state index contributed by atoms with van der Waals surface area (Å²) in [7, 11) is 2.87. The molecule has 1 amide bonds. The van der Waals surface area contributed by atoms with E-state index in [0.29, 0.717) is 22.5 Å². The summed E-state index contributed by atoms with van der Waals surface area (Å²) < 4.78 is 10.5. The van der Waals surface area contributed by atoms with Gasteiger partial charge in [-0.2, -0.15) is 0 Å². The number of hydrogen-bond donors (Lipinski definition) is 0. The number of rotatable bonds is 5. The summed E-state index contributed by atoms with van der Waals surface area (Å²) in [5.74, 6) is -1.02. The average molecular weight is 417 g/mol. The van der Waals surface area contributed by atoms with Crippen molar-refractivity contribution in [2.75, 3.05) is 20.8 Å². The van der Waals surface area contributed by atoms with E-state index in [1.54, 1.807) is 43.5 Å². The summed E-state index contributed by atoms with van der Waals surface area (Å²) in [6.07, 6.45) is 1.67. The Hall–Kier alpha value is -3.67. The van der Waals surface area contributed by atoms with Gasteiger partial charge >= 0.3 is 5.97 Å². The third kappa shape index (κ3) is 3.24. The molecule has 31 heavy (non-hydrogen) atoms. The van der Waals surface area contributed by atoms with E-state index < -0.39 is 17.4 Å². The third-order valence-electron chi connectivity index (χ3n) is 6.09. The second-order valence-electron chi connectivity index (χ2n) is 7.74. The van der Waals surface area contributed by atoms with Crippen LogP contribution in [-0.2, 0) is 20.7 Å². The number of benzene rings is 2.